The molecule has 1 atom stereocenters. The molecule has 0 radical (unpaired) electrons. The lowest BCUT2D eigenvalue weighted by atomic mass is 10.1. The van der Waals surface area contributed by atoms with Crippen molar-refractivity contribution >= 4 is 29.3 Å². The number of quaternary nitrogens is 1. The van der Waals surface area contributed by atoms with Crippen molar-refractivity contribution in [2.75, 3.05) is 39.2 Å². The SMILES string of the molecule is C[N+](C)(Cc1ccc(NC(=O)C2=Cc3cc(Cl)ccc3OC2)cc1)C[C@@H]1CCCO1. The maximum Gasteiger partial charge on any atom is 0.255 e. The molecule has 0 aliphatic carbocycles. The third kappa shape index (κ3) is 5.22. The number of hydrogen-bond acceptors (Lipinski definition) is 3. The topological polar surface area (TPSA) is 47.6 Å². The second-order valence-corrected chi connectivity index (χ2v) is 9.14. The summed E-state index contributed by atoms with van der Waals surface area (Å²) >= 11 is 6.05. The van der Waals surface area contributed by atoms with E-state index in [1.807, 2.05) is 24.3 Å². The van der Waals surface area contributed by atoms with E-state index in [9.17, 15) is 4.79 Å². The van der Waals surface area contributed by atoms with Crippen LogP contribution < -0.4 is 10.1 Å². The molecule has 0 spiro atoms. The van der Waals surface area contributed by atoms with Crippen LogP contribution >= 0.6 is 11.6 Å². The van der Waals surface area contributed by atoms with E-state index in [0.717, 1.165) is 47.6 Å². The Morgan fingerprint density at radius 2 is 2.00 bits per heavy atom. The van der Waals surface area contributed by atoms with Crippen LogP contribution in [0.4, 0.5) is 5.69 Å². The number of ether oxygens (including phenoxy) is 2. The van der Waals surface area contributed by atoms with Gasteiger partial charge in [-0.1, -0.05) is 23.7 Å². The summed E-state index contributed by atoms with van der Waals surface area (Å²) in [6, 6.07) is 13.5. The molecule has 1 fully saturated rings. The summed E-state index contributed by atoms with van der Waals surface area (Å²) < 4.78 is 12.3. The minimum Gasteiger partial charge on any atom is -0.488 e. The normalized spacial score (nSPS) is 18.4. The van der Waals surface area contributed by atoms with Crippen molar-refractivity contribution in [2.24, 2.45) is 0 Å². The molecule has 0 saturated carbocycles. The van der Waals surface area contributed by atoms with Crippen LogP contribution in [-0.2, 0) is 16.1 Å². The summed E-state index contributed by atoms with van der Waals surface area (Å²) in [4.78, 5) is 12.7. The second-order valence-electron chi connectivity index (χ2n) is 8.70. The van der Waals surface area contributed by atoms with Gasteiger partial charge in [-0.05, 0) is 49.2 Å². The number of halogens is 1. The number of hydrogen-bond donors (Lipinski definition) is 1. The van der Waals surface area contributed by atoms with Gasteiger partial charge >= 0.3 is 0 Å². The first kappa shape index (κ1) is 20.9. The van der Waals surface area contributed by atoms with Crippen molar-refractivity contribution in [3.8, 4) is 5.75 Å². The number of amides is 1. The molecule has 2 aromatic carbocycles. The average molecular weight is 428 g/mol. The molecule has 158 valence electrons. The van der Waals surface area contributed by atoms with Gasteiger partial charge in [-0.2, -0.15) is 0 Å². The van der Waals surface area contributed by atoms with E-state index in [-0.39, 0.29) is 12.5 Å². The number of rotatable bonds is 6. The van der Waals surface area contributed by atoms with Gasteiger partial charge in [-0.25, -0.2) is 0 Å². The second kappa shape index (κ2) is 8.80. The molecule has 1 N–H and O–H groups in total. The van der Waals surface area contributed by atoms with Crippen LogP contribution in [0.15, 0.2) is 48.0 Å². The van der Waals surface area contributed by atoms with Gasteiger partial charge in [0, 0.05) is 28.4 Å². The third-order valence-electron chi connectivity index (χ3n) is 5.52. The molecule has 2 aliphatic heterocycles. The number of benzene rings is 2. The highest BCUT2D eigenvalue weighted by atomic mass is 35.5. The number of carbonyl (C=O) groups is 1. The fraction of sp³-hybridized carbons (Fsp3) is 0.375. The Morgan fingerprint density at radius 1 is 1.20 bits per heavy atom. The first-order valence-electron chi connectivity index (χ1n) is 10.3. The molecule has 6 heteroatoms. The average Bonchev–Trinajstić information content (AvgIpc) is 3.20. The standard InChI is InChI=1S/C24H27ClN2O3/c1-27(2,15-22-4-3-11-29-22)14-17-5-8-21(9-6-17)26-24(28)19-12-18-13-20(25)7-10-23(18)30-16-19/h5-10,12-13,22H,3-4,11,14-16H2,1-2H3/p+1/t22-/m0/s1. The summed E-state index contributed by atoms with van der Waals surface area (Å²) in [6.07, 6.45) is 4.52. The highest BCUT2D eigenvalue weighted by Gasteiger charge is 2.26. The fourth-order valence-corrected chi connectivity index (χ4v) is 4.26. The molecule has 30 heavy (non-hydrogen) atoms. The number of nitrogens with zero attached hydrogens (tertiary/aromatic N) is 1. The Bertz CT molecular complexity index is 947. The van der Waals surface area contributed by atoms with E-state index in [1.165, 1.54) is 12.0 Å². The lowest BCUT2D eigenvalue weighted by molar-refractivity contribution is -0.906. The maximum absolute atomic E-state index is 12.7. The Labute approximate surface area is 182 Å². The van der Waals surface area contributed by atoms with Crippen LogP contribution in [0, 0.1) is 0 Å². The van der Waals surface area contributed by atoms with E-state index in [2.05, 4.69) is 31.5 Å². The predicted octanol–water partition coefficient (Wildman–Crippen LogP) is 4.51. The third-order valence-corrected chi connectivity index (χ3v) is 5.76. The molecular weight excluding hydrogens is 400 g/mol. The Kier molecular flexibility index (Phi) is 6.14. The van der Waals surface area contributed by atoms with Gasteiger partial charge < -0.3 is 19.3 Å². The summed E-state index contributed by atoms with van der Waals surface area (Å²) in [5, 5.41) is 3.58. The first-order chi connectivity index (χ1) is 14.4. The molecule has 2 heterocycles. The van der Waals surface area contributed by atoms with Crippen LogP contribution in [-0.4, -0.2) is 50.3 Å². The number of anilines is 1. The monoisotopic (exact) mass is 427 g/mol. The van der Waals surface area contributed by atoms with Crippen molar-refractivity contribution in [2.45, 2.75) is 25.5 Å². The maximum atomic E-state index is 12.7. The smallest absolute Gasteiger partial charge is 0.255 e. The van der Waals surface area contributed by atoms with E-state index in [0.29, 0.717) is 16.7 Å². The molecule has 1 amide bonds. The summed E-state index contributed by atoms with van der Waals surface area (Å²) in [5.74, 6) is 0.576. The number of likely N-dealkylation sites (N-methyl/N-ethyl adjacent to an activating group) is 1. The summed E-state index contributed by atoms with van der Waals surface area (Å²) in [5.41, 5.74) is 3.40. The first-order valence-corrected chi connectivity index (χ1v) is 10.7. The van der Waals surface area contributed by atoms with Crippen LogP contribution in [0.2, 0.25) is 5.02 Å². The van der Waals surface area contributed by atoms with E-state index in [4.69, 9.17) is 21.1 Å². The van der Waals surface area contributed by atoms with Gasteiger partial charge in [0.2, 0.25) is 0 Å². The van der Waals surface area contributed by atoms with Crippen LogP contribution in [0.25, 0.3) is 6.08 Å². The minimum absolute atomic E-state index is 0.164. The Balaban J connectivity index is 1.37. The van der Waals surface area contributed by atoms with Crippen LogP contribution in [0.3, 0.4) is 0 Å². The Hall–Kier alpha value is -2.34. The van der Waals surface area contributed by atoms with Crippen molar-refractivity contribution in [1.82, 2.24) is 0 Å². The minimum atomic E-state index is -0.164. The van der Waals surface area contributed by atoms with E-state index >= 15 is 0 Å². The van der Waals surface area contributed by atoms with Gasteiger partial charge in [0.1, 0.15) is 31.5 Å². The molecule has 5 nitrogen and oxygen atoms in total. The quantitative estimate of drug-likeness (QED) is 0.690. The zero-order valence-corrected chi connectivity index (χ0v) is 18.2. The molecule has 4 rings (SSSR count). The van der Waals surface area contributed by atoms with Gasteiger partial charge in [-0.3, -0.25) is 4.79 Å². The van der Waals surface area contributed by atoms with Crippen molar-refractivity contribution in [3.05, 3.63) is 64.2 Å². The van der Waals surface area contributed by atoms with E-state index in [1.54, 1.807) is 12.1 Å². The lowest BCUT2D eigenvalue weighted by Crippen LogP contribution is -2.44. The zero-order chi connectivity index (χ0) is 21.1. The van der Waals surface area contributed by atoms with Crippen LogP contribution in [0.5, 0.6) is 5.75 Å². The fourth-order valence-electron chi connectivity index (χ4n) is 4.08. The molecule has 2 aromatic rings. The predicted molar refractivity (Wildman–Crippen MR) is 120 cm³/mol. The Morgan fingerprint density at radius 3 is 2.73 bits per heavy atom. The molecule has 0 bridgehead atoms. The largest absolute Gasteiger partial charge is 0.488 e. The summed E-state index contributed by atoms with van der Waals surface area (Å²) in [7, 11) is 4.47. The van der Waals surface area contributed by atoms with E-state index < -0.39 is 0 Å². The highest BCUT2D eigenvalue weighted by molar-refractivity contribution is 6.30. The van der Waals surface area contributed by atoms with Gasteiger partial charge in [0.25, 0.3) is 5.91 Å². The van der Waals surface area contributed by atoms with Gasteiger partial charge in [0.15, 0.2) is 0 Å². The van der Waals surface area contributed by atoms with Crippen molar-refractivity contribution < 1.29 is 18.8 Å². The lowest BCUT2D eigenvalue weighted by Gasteiger charge is -2.32. The summed E-state index contributed by atoms with van der Waals surface area (Å²) in [6.45, 7) is 3.06. The van der Waals surface area contributed by atoms with Crippen LogP contribution in [0.1, 0.15) is 24.0 Å². The molecular formula is C24H28ClN2O3+. The molecule has 0 aromatic heterocycles. The van der Waals surface area contributed by atoms with Gasteiger partial charge in [0.05, 0.1) is 19.7 Å². The zero-order valence-electron chi connectivity index (χ0n) is 17.5. The number of nitrogens with one attached hydrogen (secondary N) is 1. The van der Waals surface area contributed by atoms with Crippen molar-refractivity contribution in [1.29, 1.82) is 0 Å². The molecule has 1 saturated heterocycles. The molecule has 0 unspecified atom stereocenters. The number of carbonyl (C=O) groups excluding carboxylic acids is 1. The van der Waals surface area contributed by atoms with Gasteiger partial charge in [-0.15, -0.1) is 0 Å². The van der Waals surface area contributed by atoms with Crippen molar-refractivity contribution in [3.63, 3.8) is 0 Å². The highest BCUT2D eigenvalue weighted by Crippen LogP contribution is 2.29. The number of fused-ring (bicyclic) bond motifs is 1. The molecule has 2 aliphatic rings.